The van der Waals surface area contributed by atoms with Crippen LogP contribution < -0.4 is 24.8 Å². The first-order chi connectivity index (χ1) is 12.3. The molecule has 26 heavy (non-hydrogen) atoms. The largest absolute Gasteiger partial charge is 0.573 e. The minimum absolute atomic E-state index is 0.156. The van der Waals surface area contributed by atoms with Gasteiger partial charge in [-0.25, -0.2) is 0 Å². The maximum Gasteiger partial charge on any atom is 0.573 e. The van der Waals surface area contributed by atoms with E-state index in [1.54, 1.807) is 25.1 Å². The summed E-state index contributed by atoms with van der Waals surface area (Å²) in [6, 6.07) is 9.50. The number of fused-ring (bicyclic) bond motifs is 1. The summed E-state index contributed by atoms with van der Waals surface area (Å²) >= 11 is 0. The summed E-state index contributed by atoms with van der Waals surface area (Å²) in [5.41, 5.74) is 1.02. The van der Waals surface area contributed by atoms with Crippen LogP contribution in [0.15, 0.2) is 42.5 Å². The lowest BCUT2D eigenvalue weighted by molar-refractivity contribution is -0.274. The first kappa shape index (κ1) is 17.7. The highest BCUT2D eigenvalue weighted by atomic mass is 19.4. The minimum atomic E-state index is -4.76. The van der Waals surface area contributed by atoms with Crippen molar-refractivity contribution in [3.05, 3.63) is 42.5 Å². The SMILES string of the molecule is CC(Nc1ccc2c(c1)OCO2)C(=O)Nc1ccc(OC(F)(F)F)cc1. The number of halogens is 3. The fourth-order valence-electron chi connectivity index (χ4n) is 2.29. The molecule has 0 saturated heterocycles. The van der Waals surface area contributed by atoms with Gasteiger partial charge in [-0.1, -0.05) is 0 Å². The van der Waals surface area contributed by atoms with E-state index in [0.717, 1.165) is 12.1 Å². The fourth-order valence-corrected chi connectivity index (χ4v) is 2.29. The van der Waals surface area contributed by atoms with Crippen LogP contribution in [0.25, 0.3) is 0 Å². The molecule has 2 N–H and O–H groups in total. The molecule has 9 heteroatoms. The number of carbonyl (C=O) groups excluding carboxylic acids is 1. The van der Waals surface area contributed by atoms with Gasteiger partial charge in [-0.05, 0) is 43.3 Å². The van der Waals surface area contributed by atoms with Gasteiger partial charge in [0, 0.05) is 17.4 Å². The van der Waals surface area contributed by atoms with E-state index in [2.05, 4.69) is 15.4 Å². The van der Waals surface area contributed by atoms with Gasteiger partial charge in [0.15, 0.2) is 11.5 Å². The summed E-state index contributed by atoms with van der Waals surface area (Å²) in [6.07, 6.45) is -4.76. The van der Waals surface area contributed by atoms with E-state index in [1.807, 2.05) is 0 Å². The number of benzene rings is 2. The number of ether oxygens (including phenoxy) is 3. The lowest BCUT2D eigenvalue weighted by atomic mass is 10.2. The lowest BCUT2D eigenvalue weighted by Crippen LogP contribution is -2.31. The van der Waals surface area contributed by atoms with Crippen molar-refractivity contribution in [2.45, 2.75) is 19.3 Å². The lowest BCUT2D eigenvalue weighted by Gasteiger charge is -2.16. The predicted molar refractivity (Wildman–Crippen MR) is 87.4 cm³/mol. The van der Waals surface area contributed by atoms with E-state index < -0.39 is 12.4 Å². The Labute approximate surface area is 146 Å². The average Bonchev–Trinajstić information content (AvgIpc) is 3.03. The summed E-state index contributed by atoms with van der Waals surface area (Å²) in [7, 11) is 0. The Kier molecular flexibility index (Phi) is 4.79. The molecule has 0 aromatic heterocycles. The van der Waals surface area contributed by atoms with Crippen molar-refractivity contribution >= 4 is 17.3 Å². The van der Waals surface area contributed by atoms with Crippen LogP contribution in [0, 0.1) is 0 Å². The molecule has 3 rings (SSSR count). The highest BCUT2D eigenvalue weighted by Gasteiger charge is 2.31. The Bertz CT molecular complexity index is 794. The summed E-state index contributed by atoms with van der Waals surface area (Å²) in [4.78, 5) is 12.2. The summed E-state index contributed by atoms with van der Waals surface area (Å²) in [5, 5.41) is 5.62. The molecular formula is C17H15F3N2O4. The molecule has 2 aromatic carbocycles. The van der Waals surface area contributed by atoms with Crippen molar-refractivity contribution < 1.29 is 32.2 Å². The van der Waals surface area contributed by atoms with Crippen LogP contribution in [0.5, 0.6) is 17.2 Å². The standard InChI is InChI=1S/C17H15F3N2O4/c1-10(21-12-4-7-14-15(8-12)25-9-24-14)16(23)22-11-2-5-13(6-3-11)26-17(18,19)20/h2-8,10,21H,9H2,1H3,(H,22,23). The maximum absolute atomic E-state index is 12.2. The Balaban J connectivity index is 1.57. The molecule has 1 amide bonds. The zero-order valence-electron chi connectivity index (χ0n) is 13.6. The molecule has 1 heterocycles. The molecule has 138 valence electrons. The van der Waals surface area contributed by atoms with Crippen molar-refractivity contribution in [3.63, 3.8) is 0 Å². The van der Waals surface area contributed by atoms with Crippen molar-refractivity contribution in [2.75, 3.05) is 17.4 Å². The van der Waals surface area contributed by atoms with Crippen LogP contribution in [-0.4, -0.2) is 25.1 Å². The highest BCUT2D eigenvalue weighted by molar-refractivity contribution is 5.96. The van der Waals surface area contributed by atoms with Gasteiger partial charge < -0.3 is 24.8 Å². The van der Waals surface area contributed by atoms with Crippen molar-refractivity contribution in [2.24, 2.45) is 0 Å². The number of nitrogens with one attached hydrogen (secondary N) is 2. The van der Waals surface area contributed by atoms with E-state index >= 15 is 0 Å². The molecule has 1 atom stereocenters. The average molecular weight is 368 g/mol. The molecule has 1 aliphatic rings. The first-order valence-electron chi connectivity index (χ1n) is 7.63. The zero-order valence-corrected chi connectivity index (χ0v) is 13.6. The number of alkyl halides is 3. The molecule has 0 spiro atoms. The second kappa shape index (κ2) is 7.03. The Morgan fingerprint density at radius 2 is 1.73 bits per heavy atom. The van der Waals surface area contributed by atoms with Crippen LogP contribution in [0.3, 0.4) is 0 Å². The molecule has 0 saturated carbocycles. The molecule has 1 unspecified atom stereocenters. The Hall–Kier alpha value is -3.10. The Morgan fingerprint density at radius 1 is 1.08 bits per heavy atom. The van der Waals surface area contributed by atoms with E-state index in [9.17, 15) is 18.0 Å². The van der Waals surface area contributed by atoms with Crippen molar-refractivity contribution in [1.29, 1.82) is 0 Å². The quantitative estimate of drug-likeness (QED) is 0.841. The fraction of sp³-hybridized carbons (Fsp3) is 0.235. The molecule has 0 radical (unpaired) electrons. The van der Waals surface area contributed by atoms with Crippen LogP contribution in [0.4, 0.5) is 24.5 Å². The van der Waals surface area contributed by atoms with Gasteiger partial charge in [0.05, 0.1) is 0 Å². The van der Waals surface area contributed by atoms with E-state index in [4.69, 9.17) is 9.47 Å². The molecule has 2 aromatic rings. The third-order valence-electron chi connectivity index (χ3n) is 3.50. The van der Waals surface area contributed by atoms with Crippen LogP contribution in [0.1, 0.15) is 6.92 Å². The molecule has 0 fully saturated rings. The molecule has 6 nitrogen and oxygen atoms in total. The molecule has 0 aliphatic carbocycles. The van der Waals surface area contributed by atoms with Gasteiger partial charge in [-0.15, -0.1) is 13.2 Å². The second-order valence-electron chi connectivity index (χ2n) is 5.50. The normalized spacial score (nSPS) is 13.8. The number of rotatable bonds is 5. The molecule has 0 bridgehead atoms. The summed E-state index contributed by atoms with van der Waals surface area (Å²) in [6.45, 7) is 1.81. The van der Waals surface area contributed by atoms with Crippen LogP contribution in [0.2, 0.25) is 0 Å². The van der Waals surface area contributed by atoms with Gasteiger partial charge in [0.2, 0.25) is 12.7 Å². The van der Waals surface area contributed by atoms with Gasteiger partial charge in [-0.3, -0.25) is 4.79 Å². The highest BCUT2D eigenvalue weighted by Crippen LogP contribution is 2.34. The molecule has 1 aliphatic heterocycles. The topological polar surface area (TPSA) is 68.8 Å². The monoisotopic (exact) mass is 368 g/mol. The third-order valence-corrected chi connectivity index (χ3v) is 3.50. The van der Waals surface area contributed by atoms with Crippen LogP contribution >= 0.6 is 0 Å². The van der Waals surface area contributed by atoms with E-state index in [0.29, 0.717) is 22.9 Å². The van der Waals surface area contributed by atoms with Crippen molar-refractivity contribution in [3.8, 4) is 17.2 Å². The van der Waals surface area contributed by atoms with Gasteiger partial charge in [-0.2, -0.15) is 0 Å². The number of hydrogen-bond acceptors (Lipinski definition) is 5. The summed E-state index contributed by atoms with van der Waals surface area (Å²) in [5.74, 6) is 0.505. The summed E-state index contributed by atoms with van der Waals surface area (Å²) < 4.78 is 50.7. The first-order valence-corrected chi connectivity index (χ1v) is 7.63. The number of anilines is 2. The van der Waals surface area contributed by atoms with Crippen molar-refractivity contribution in [1.82, 2.24) is 0 Å². The Morgan fingerprint density at radius 3 is 2.42 bits per heavy atom. The zero-order chi connectivity index (χ0) is 18.7. The second-order valence-corrected chi connectivity index (χ2v) is 5.50. The van der Waals surface area contributed by atoms with E-state index in [1.165, 1.54) is 12.1 Å². The number of carbonyl (C=O) groups is 1. The van der Waals surface area contributed by atoms with Gasteiger partial charge in [0.25, 0.3) is 0 Å². The van der Waals surface area contributed by atoms with Gasteiger partial charge >= 0.3 is 6.36 Å². The number of hydrogen-bond donors (Lipinski definition) is 2. The van der Waals surface area contributed by atoms with Crippen LogP contribution in [-0.2, 0) is 4.79 Å². The van der Waals surface area contributed by atoms with E-state index in [-0.39, 0.29) is 18.4 Å². The number of amides is 1. The minimum Gasteiger partial charge on any atom is -0.454 e. The predicted octanol–water partition coefficient (Wildman–Crippen LogP) is 3.75. The third kappa shape index (κ3) is 4.50. The maximum atomic E-state index is 12.2. The smallest absolute Gasteiger partial charge is 0.454 e. The van der Waals surface area contributed by atoms with Gasteiger partial charge in [0.1, 0.15) is 11.8 Å². The molecular weight excluding hydrogens is 353 g/mol.